The molecule has 2 fully saturated rings. The molecule has 24 heavy (non-hydrogen) atoms. The van der Waals surface area contributed by atoms with Crippen molar-refractivity contribution in [3.8, 4) is 5.75 Å². The van der Waals surface area contributed by atoms with Crippen LogP contribution in [0, 0.1) is 16.7 Å². The Morgan fingerprint density at radius 3 is 2.71 bits per heavy atom. The van der Waals surface area contributed by atoms with Crippen LogP contribution in [0.25, 0.3) is 0 Å². The molecule has 0 aromatic heterocycles. The van der Waals surface area contributed by atoms with Crippen LogP contribution >= 0.6 is 0 Å². The molecule has 0 N–H and O–H groups in total. The van der Waals surface area contributed by atoms with Crippen molar-refractivity contribution in [1.29, 1.82) is 0 Å². The zero-order chi connectivity index (χ0) is 17.1. The fourth-order valence-corrected chi connectivity index (χ4v) is 6.09. The molecule has 0 radical (unpaired) electrons. The standard InChI is InChI=1S/C21H26O3/c1-13(22)24-15-4-5-16-14(12-15)8-10-20(2)17(16)9-11-21(3)18(20)6-7-19(21)23/h4-5,12,17-18H,6-11H2,1-3H3/t17-,18+,20-,21+/m1/s1. The Morgan fingerprint density at radius 1 is 1.17 bits per heavy atom. The molecular formula is C21H26O3. The van der Waals surface area contributed by atoms with E-state index >= 15 is 0 Å². The predicted molar refractivity (Wildman–Crippen MR) is 92.0 cm³/mol. The molecule has 0 unspecified atom stereocenters. The fourth-order valence-electron chi connectivity index (χ4n) is 6.09. The van der Waals surface area contributed by atoms with Gasteiger partial charge in [-0.15, -0.1) is 0 Å². The van der Waals surface area contributed by atoms with Crippen LogP contribution in [0.4, 0.5) is 0 Å². The topological polar surface area (TPSA) is 43.4 Å². The minimum Gasteiger partial charge on any atom is -0.427 e. The van der Waals surface area contributed by atoms with Crippen molar-refractivity contribution < 1.29 is 14.3 Å². The van der Waals surface area contributed by atoms with Crippen molar-refractivity contribution in [2.75, 3.05) is 0 Å². The van der Waals surface area contributed by atoms with Crippen LogP contribution in [0.1, 0.15) is 69.9 Å². The van der Waals surface area contributed by atoms with Gasteiger partial charge in [-0.25, -0.2) is 0 Å². The van der Waals surface area contributed by atoms with Crippen molar-refractivity contribution in [3.05, 3.63) is 29.3 Å². The number of benzene rings is 1. The van der Waals surface area contributed by atoms with E-state index in [-0.39, 0.29) is 16.8 Å². The van der Waals surface area contributed by atoms with Crippen LogP contribution in [0.5, 0.6) is 5.75 Å². The molecule has 0 saturated heterocycles. The van der Waals surface area contributed by atoms with Gasteiger partial charge in [0, 0.05) is 18.8 Å². The minimum atomic E-state index is -0.270. The molecule has 0 amide bonds. The second-order valence-corrected chi connectivity index (χ2v) is 8.48. The largest absolute Gasteiger partial charge is 0.427 e. The predicted octanol–water partition coefficient (Wildman–Crippen LogP) is 4.43. The van der Waals surface area contributed by atoms with Crippen LogP contribution < -0.4 is 4.74 Å². The zero-order valence-corrected chi connectivity index (χ0v) is 14.9. The number of hydrogen-bond donors (Lipinski definition) is 0. The lowest BCUT2D eigenvalue weighted by molar-refractivity contribution is -0.132. The molecule has 0 heterocycles. The van der Waals surface area contributed by atoms with E-state index in [1.165, 1.54) is 18.1 Å². The van der Waals surface area contributed by atoms with Crippen molar-refractivity contribution in [1.82, 2.24) is 0 Å². The maximum Gasteiger partial charge on any atom is 0.308 e. The van der Waals surface area contributed by atoms with Crippen LogP contribution in [-0.2, 0) is 16.0 Å². The Morgan fingerprint density at radius 2 is 1.96 bits per heavy atom. The molecule has 1 aromatic rings. The van der Waals surface area contributed by atoms with E-state index in [9.17, 15) is 9.59 Å². The van der Waals surface area contributed by atoms with E-state index in [1.54, 1.807) is 0 Å². The number of hydrogen-bond acceptors (Lipinski definition) is 3. The molecule has 128 valence electrons. The summed E-state index contributed by atoms with van der Waals surface area (Å²) in [5.41, 5.74) is 2.86. The summed E-state index contributed by atoms with van der Waals surface area (Å²) in [4.78, 5) is 23.7. The number of carbonyl (C=O) groups is 2. The Hall–Kier alpha value is -1.64. The Labute approximate surface area is 143 Å². The van der Waals surface area contributed by atoms with E-state index < -0.39 is 0 Å². The third-order valence-corrected chi connectivity index (χ3v) is 7.30. The number of fused-ring (bicyclic) bond motifs is 5. The summed E-state index contributed by atoms with van der Waals surface area (Å²) in [6.45, 7) is 6.07. The van der Waals surface area contributed by atoms with Gasteiger partial charge in [-0.2, -0.15) is 0 Å². The van der Waals surface area contributed by atoms with E-state index in [0.717, 1.165) is 38.5 Å². The van der Waals surface area contributed by atoms with Gasteiger partial charge < -0.3 is 4.74 Å². The van der Waals surface area contributed by atoms with Gasteiger partial charge in [0.05, 0.1) is 0 Å². The molecule has 3 nitrogen and oxygen atoms in total. The number of aryl methyl sites for hydroxylation is 1. The van der Waals surface area contributed by atoms with Gasteiger partial charge in [-0.3, -0.25) is 9.59 Å². The quantitative estimate of drug-likeness (QED) is 0.566. The summed E-state index contributed by atoms with van der Waals surface area (Å²) in [5, 5.41) is 0. The van der Waals surface area contributed by atoms with Gasteiger partial charge in [0.2, 0.25) is 0 Å². The highest BCUT2D eigenvalue weighted by molar-refractivity contribution is 5.87. The Bertz CT molecular complexity index is 722. The summed E-state index contributed by atoms with van der Waals surface area (Å²) in [5.74, 6) is 1.91. The van der Waals surface area contributed by atoms with Crippen molar-refractivity contribution in [3.63, 3.8) is 0 Å². The molecule has 4 rings (SSSR count). The summed E-state index contributed by atoms with van der Waals surface area (Å²) < 4.78 is 5.26. The van der Waals surface area contributed by atoms with Crippen LogP contribution in [0.3, 0.4) is 0 Å². The van der Waals surface area contributed by atoms with E-state index in [4.69, 9.17) is 4.74 Å². The Kier molecular flexibility index (Phi) is 3.42. The smallest absolute Gasteiger partial charge is 0.308 e. The molecule has 3 aliphatic rings. The van der Waals surface area contributed by atoms with Gasteiger partial charge in [0.1, 0.15) is 11.5 Å². The van der Waals surface area contributed by atoms with Gasteiger partial charge in [-0.1, -0.05) is 19.9 Å². The summed E-state index contributed by atoms with van der Waals surface area (Å²) >= 11 is 0. The number of rotatable bonds is 1. The number of Topliss-reactive ketones (excluding diaryl/α,β-unsaturated/α-hetero) is 1. The maximum absolute atomic E-state index is 12.5. The van der Waals surface area contributed by atoms with Crippen molar-refractivity contribution in [2.45, 2.75) is 65.2 Å². The summed E-state index contributed by atoms with van der Waals surface area (Å²) in [6, 6.07) is 6.14. The van der Waals surface area contributed by atoms with E-state index in [2.05, 4.69) is 19.9 Å². The molecule has 2 saturated carbocycles. The van der Waals surface area contributed by atoms with E-state index in [1.807, 2.05) is 12.1 Å². The molecule has 3 heteroatoms. The van der Waals surface area contributed by atoms with Crippen molar-refractivity contribution in [2.24, 2.45) is 16.7 Å². The first-order chi connectivity index (χ1) is 11.3. The van der Waals surface area contributed by atoms with Crippen LogP contribution in [-0.4, -0.2) is 11.8 Å². The SMILES string of the molecule is CC(=O)Oc1ccc2c(c1)CC[C@]1(C)[C@@H]2CC[C@]2(C)C(=O)CC[C@@H]12. The summed E-state index contributed by atoms with van der Waals surface area (Å²) in [6.07, 6.45) is 6.07. The Balaban J connectivity index is 1.71. The van der Waals surface area contributed by atoms with E-state index in [0.29, 0.717) is 23.4 Å². The monoisotopic (exact) mass is 326 g/mol. The highest BCUT2D eigenvalue weighted by Gasteiger charge is 2.59. The average Bonchev–Trinajstić information content (AvgIpc) is 2.83. The highest BCUT2D eigenvalue weighted by Crippen LogP contribution is 2.65. The van der Waals surface area contributed by atoms with Crippen molar-refractivity contribution >= 4 is 11.8 Å². The first-order valence-corrected chi connectivity index (χ1v) is 9.19. The molecular weight excluding hydrogens is 300 g/mol. The van der Waals surface area contributed by atoms with Gasteiger partial charge in [-0.05, 0) is 72.6 Å². The second-order valence-electron chi connectivity index (χ2n) is 8.48. The number of esters is 1. The average molecular weight is 326 g/mol. The lowest BCUT2D eigenvalue weighted by Gasteiger charge is -2.55. The first-order valence-electron chi connectivity index (χ1n) is 9.19. The third kappa shape index (κ3) is 2.09. The highest BCUT2D eigenvalue weighted by atomic mass is 16.5. The zero-order valence-electron chi connectivity index (χ0n) is 14.9. The molecule has 1 aromatic carbocycles. The van der Waals surface area contributed by atoms with Gasteiger partial charge >= 0.3 is 5.97 Å². The lowest BCUT2D eigenvalue weighted by atomic mass is 9.48. The van der Waals surface area contributed by atoms with Crippen LogP contribution in [0.15, 0.2) is 18.2 Å². The fraction of sp³-hybridized carbons (Fsp3) is 0.619. The molecule has 0 spiro atoms. The molecule has 0 bridgehead atoms. The molecule has 4 atom stereocenters. The molecule has 3 aliphatic carbocycles. The van der Waals surface area contributed by atoms with Crippen LogP contribution in [0.2, 0.25) is 0 Å². The number of ketones is 1. The third-order valence-electron chi connectivity index (χ3n) is 7.30. The first kappa shape index (κ1) is 15.9. The summed E-state index contributed by atoms with van der Waals surface area (Å²) in [7, 11) is 0. The van der Waals surface area contributed by atoms with Gasteiger partial charge in [0.25, 0.3) is 0 Å². The number of carbonyl (C=O) groups excluding carboxylic acids is 2. The maximum atomic E-state index is 12.5. The second kappa shape index (κ2) is 5.18. The minimum absolute atomic E-state index is 0.0968. The normalized spacial score (nSPS) is 37.4. The lowest BCUT2D eigenvalue weighted by Crippen LogP contribution is -2.49. The molecule has 0 aliphatic heterocycles. The number of ether oxygens (including phenoxy) is 1. The van der Waals surface area contributed by atoms with Gasteiger partial charge in [0.15, 0.2) is 0 Å².